The van der Waals surface area contributed by atoms with Gasteiger partial charge in [-0.15, -0.1) is 0 Å². The average Bonchev–Trinajstić information content (AvgIpc) is 2.74. The summed E-state index contributed by atoms with van der Waals surface area (Å²) in [7, 11) is 0. The standard InChI is InChI=1S/C22H19F2N3O/c23-17-8-9-18(19(24)13-17)22(28)27-12-4-7-16(14-27)20-10-11-25-21(26-20)15-5-2-1-3-6-15/h1-3,5-6,8-11,13,16H,4,7,12,14H2/t16-/m1/s1. The molecule has 0 N–H and O–H groups in total. The summed E-state index contributed by atoms with van der Waals surface area (Å²) >= 11 is 0. The van der Waals surface area contributed by atoms with E-state index in [9.17, 15) is 13.6 Å². The van der Waals surface area contributed by atoms with Crippen molar-refractivity contribution in [1.29, 1.82) is 0 Å². The Morgan fingerprint density at radius 3 is 2.68 bits per heavy atom. The number of aromatic nitrogens is 2. The largest absolute Gasteiger partial charge is 0.338 e. The number of carbonyl (C=O) groups excluding carboxylic acids is 1. The predicted octanol–water partition coefficient (Wildman–Crippen LogP) is 4.44. The van der Waals surface area contributed by atoms with Gasteiger partial charge in [0.2, 0.25) is 0 Å². The molecule has 28 heavy (non-hydrogen) atoms. The number of amides is 1. The SMILES string of the molecule is O=C(c1ccc(F)cc1F)N1CCC[C@@H](c2ccnc(-c3ccccc3)n2)C1. The maximum Gasteiger partial charge on any atom is 0.256 e. The van der Waals surface area contributed by atoms with Crippen LogP contribution in [0, 0.1) is 11.6 Å². The molecule has 0 unspecified atom stereocenters. The maximum atomic E-state index is 14.0. The van der Waals surface area contributed by atoms with Gasteiger partial charge in [0, 0.05) is 42.5 Å². The number of piperidine rings is 1. The fraction of sp³-hybridized carbons (Fsp3) is 0.227. The molecule has 2 aromatic carbocycles. The van der Waals surface area contributed by atoms with E-state index in [1.807, 2.05) is 36.4 Å². The van der Waals surface area contributed by atoms with Gasteiger partial charge >= 0.3 is 0 Å². The van der Waals surface area contributed by atoms with Crippen molar-refractivity contribution < 1.29 is 13.6 Å². The smallest absolute Gasteiger partial charge is 0.256 e. The van der Waals surface area contributed by atoms with E-state index in [0.29, 0.717) is 18.9 Å². The molecular weight excluding hydrogens is 360 g/mol. The van der Waals surface area contributed by atoms with Gasteiger partial charge in [-0.05, 0) is 31.0 Å². The van der Waals surface area contributed by atoms with Crippen LogP contribution in [0.25, 0.3) is 11.4 Å². The fourth-order valence-electron chi connectivity index (χ4n) is 3.56. The third-order valence-corrected chi connectivity index (χ3v) is 5.00. The van der Waals surface area contributed by atoms with Crippen molar-refractivity contribution >= 4 is 5.91 Å². The van der Waals surface area contributed by atoms with Gasteiger partial charge in [0.05, 0.1) is 5.56 Å². The highest BCUT2D eigenvalue weighted by atomic mass is 19.1. The lowest BCUT2D eigenvalue weighted by molar-refractivity contribution is 0.0701. The lowest BCUT2D eigenvalue weighted by Gasteiger charge is -2.32. The number of halogens is 2. The molecule has 1 saturated heterocycles. The van der Waals surface area contributed by atoms with Crippen LogP contribution in [0.1, 0.15) is 34.8 Å². The van der Waals surface area contributed by atoms with E-state index in [-0.39, 0.29) is 11.5 Å². The molecule has 3 aromatic rings. The number of hydrogen-bond acceptors (Lipinski definition) is 3. The Hall–Kier alpha value is -3.15. The van der Waals surface area contributed by atoms with Gasteiger partial charge in [0.25, 0.3) is 5.91 Å². The number of likely N-dealkylation sites (tertiary alicyclic amines) is 1. The highest BCUT2D eigenvalue weighted by molar-refractivity contribution is 5.94. The van der Waals surface area contributed by atoms with Crippen LogP contribution >= 0.6 is 0 Å². The Morgan fingerprint density at radius 2 is 1.89 bits per heavy atom. The summed E-state index contributed by atoms with van der Waals surface area (Å²) in [6.45, 7) is 0.990. The second-order valence-corrected chi connectivity index (χ2v) is 6.89. The van der Waals surface area contributed by atoms with E-state index in [1.54, 1.807) is 11.1 Å². The Balaban J connectivity index is 1.55. The minimum absolute atomic E-state index is 0.0478. The van der Waals surface area contributed by atoms with Crippen LogP contribution in [-0.4, -0.2) is 33.9 Å². The van der Waals surface area contributed by atoms with Gasteiger partial charge in [-0.3, -0.25) is 4.79 Å². The van der Waals surface area contributed by atoms with Gasteiger partial charge in [0.15, 0.2) is 5.82 Å². The summed E-state index contributed by atoms with van der Waals surface area (Å²) in [4.78, 5) is 23.4. The molecule has 1 aromatic heterocycles. The first kappa shape index (κ1) is 18.2. The summed E-state index contributed by atoms with van der Waals surface area (Å²) in [5.41, 5.74) is 1.70. The molecule has 1 amide bonds. The first-order valence-corrected chi connectivity index (χ1v) is 9.24. The van der Waals surface area contributed by atoms with Crippen molar-refractivity contribution in [3.63, 3.8) is 0 Å². The third-order valence-electron chi connectivity index (χ3n) is 5.00. The lowest BCUT2D eigenvalue weighted by atomic mass is 9.94. The van der Waals surface area contributed by atoms with Crippen LogP contribution < -0.4 is 0 Å². The minimum atomic E-state index is -0.833. The predicted molar refractivity (Wildman–Crippen MR) is 102 cm³/mol. The quantitative estimate of drug-likeness (QED) is 0.676. The van der Waals surface area contributed by atoms with Crippen molar-refractivity contribution in [2.45, 2.75) is 18.8 Å². The van der Waals surface area contributed by atoms with Crippen LogP contribution in [0.4, 0.5) is 8.78 Å². The number of rotatable bonds is 3. The number of nitrogens with zero attached hydrogens (tertiary/aromatic N) is 3. The monoisotopic (exact) mass is 379 g/mol. The van der Waals surface area contributed by atoms with Crippen LogP contribution in [0.5, 0.6) is 0 Å². The molecule has 0 spiro atoms. The van der Waals surface area contributed by atoms with E-state index in [4.69, 9.17) is 0 Å². The van der Waals surface area contributed by atoms with Crippen LogP contribution in [0.3, 0.4) is 0 Å². The molecule has 4 nitrogen and oxygen atoms in total. The highest BCUT2D eigenvalue weighted by Gasteiger charge is 2.28. The molecule has 0 saturated carbocycles. The molecule has 0 bridgehead atoms. The molecule has 2 heterocycles. The summed E-state index contributed by atoms with van der Waals surface area (Å²) in [6.07, 6.45) is 3.41. The molecule has 6 heteroatoms. The Kier molecular flexibility index (Phi) is 5.10. The van der Waals surface area contributed by atoms with E-state index >= 15 is 0 Å². The fourth-order valence-corrected chi connectivity index (χ4v) is 3.56. The average molecular weight is 379 g/mol. The van der Waals surface area contributed by atoms with Gasteiger partial charge in [-0.1, -0.05) is 30.3 Å². The van der Waals surface area contributed by atoms with E-state index < -0.39 is 17.5 Å². The van der Waals surface area contributed by atoms with E-state index in [1.165, 1.54) is 6.07 Å². The number of hydrogen-bond donors (Lipinski definition) is 0. The molecule has 0 aliphatic carbocycles. The highest BCUT2D eigenvalue weighted by Crippen LogP contribution is 2.28. The van der Waals surface area contributed by atoms with Crippen molar-refractivity contribution in [3.05, 3.63) is 83.7 Å². The molecule has 1 fully saturated rings. The molecule has 4 rings (SSSR count). The zero-order chi connectivity index (χ0) is 19.5. The zero-order valence-corrected chi connectivity index (χ0v) is 15.2. The normalized spacial score (nSPS) is 16.8. The molecule has 1 aliphatic rings. The number of carbonyl (C=O) groups is 1. The van der Waals surface area contributed by atoms with Crippen molar-refractivity contribution in [2.75, 3.05) is 13.1 Å². The summed E-state index contributed by atoms with van der Waals surface area (Å²) in [5, 5.41) is 0. The first-order chi connectivity index (χ1) is 13.6. The van der Waals surface area contributed by atoms with Crippen LogP contribution in [-0.2, 0) is 0 Å². The summed E-state index contributed by atoms with van der Waals surface area (Å²) < 4.78 is 27.1. The van der Waals surface area contributed by atoms with Crippen LogP contribution in [0.2, 0.25) is 0 Å². The Morgan fingerprint density at radius 1 is 1.07 bits per heavy atom. The summed E-state index contributed by atoms with van der Waals surface area (Å²) in [6, 6.07) is 14.6. The van der Waals surface area contributed by atoms with E-state index in [0.717, 1.165) is 36.2 Å². The third kappa shape index (κ3) is 3.76. The van der Waals surface area contributed by atoms with Crippen molar-refractivity contribution in [2.24, 2.45) is 0 Å². The molecule has 0 radical (unpaired) electrons. The van der Waals surface area contributed by atoms with Gasteiger partial charge in [-0.25, -0.2) is 18.7 Å². The number of benzene rings is 2. The lowest BCUT2D eigenvalue weighted by Crippen LogP contribution is -2.39. The molecule has 1 atom stereocenters. The van der Waals surface area contributed by atoms with Gasteiger partial charge < -0.3 is 4.90 Å². The van der Waals surface area contributed by atoms with Gasteiger partial charge in [-0.2, -0.15) is 0 Å². The van der Waals surface area contributed by atoms with Crippen molar-refractivity contribution in [1.82, 2.24) is 14.9 Å². The first-order valence-electron chi connectivity index (χ1n) is 9.24. The topological polar surface area (TPSA) is 46.1 Å². The maximum absolute atomic E-state index is 14.0. The molecule has 1 aliphatic heterocycles. The summed E-state index contributed by atoms with van der Waals surface area (Å²) in [5.74, 6) is -1.25. The second kappa shape index (κ2) is 7.84. The Bertz CT molecular complexity index is 994. The second-order valence-electron chi connectivity index (χ2n) is 6.89. The van der Waals surface area contributed by atoms with E-state index in [2.05, 4.69) is 9.97 Å². The minimum Gasteiger partial charge on any atom is -0.338 e. The van der Waals surface area contributed by atoms with Crippen LogP contribution in [0.15, 0.2) is 60.8 Å². The zero-order valence-electron chi connectivity index (χ0n) is 15.2. The molecule has 142 valence electrons. The Labute approximate surface area is 161 Å². The van der Waals surface area contributed by atoms with Crippen molar-refractivity contribution in [3.8, 4) is 11.4 Å². The van der Waals surface area contributed by atoms with Gasteiger partial charge in [0.1, 0.15) is 11.6 Å². The molecular formula is C22H19F2N3O.